The first-order valence-electron chi connectivity index (χ1n) is 6.28. The van der Waals surface area contributed by atoms with Crippen molar-refractivity contribution in [2.45, 2.75) is 19.5 Å². The summed E-state index contributed by atoms with van der Waals surface area (Å²) >= 11 is 0. The van der Waals surface area contributed by atoms with Crippen molar-refractivity contribution >= 4 is 13.6 Å². The van der Waals surface area contributed by atoms with Crippen molar-refractivity contribution in [1.82, 2.24) is 0 Å². The third-order valence-corrected chi connectivity index (χ3v) is 4.72. The highest BCUT2D eigenvalue weighted by atomic mass is 31.2. The van der Waals surface area contributed by atoms with Crippen LogP contribution in [0.4, 0.5) is 8.78 Å². The lowest BCUT2D eigenvalue weighted by Gasteiger charge is -2.26. The lowest BCUT2D eigenvalue weighted by atomic mass is 10.1. The Labute approximate surface area is 121 Å². The minimum Gasteiger partial charge on any atom is -0.465 e. The van der Waals surface area contributed by atoms with E-state index in [1.807, 2.05) is 0 Å². The average molecular weight is 322 g/mol. The summed E-state index contributed by atoms with van der Waals surface area (Å²) in [6, 6.07) is 4.87. The van der Waals surface area contributed by atoms with Crippen molar-refractivity contribution in [2.24, 2.45) is 0 Å². The summed E-state index contributed by atoms with van der Waals surface area (Å²) in [5.41, 5.74) is -5.10. The Kier molecular flexibility index (Phi) is 6.01. The molecule has 0 aliphatic rings. The van der Waals surface area contributed by atoms with E-state index in [0.29, 0.717) is 0 Å². The molecule has 1 aromatic carbocycles. The topological polar surface area (TPSA) is 61.8 Å². The second-order valence-corrected chi connectivity index (χ2v) is 5.98. The lowest BCUT2D eigenvalue weighted by Crippen LogP contribution is -2.22. The first kappa shape index (κ1) is 17.8. The molecule has 0 unspecified atom stereocenters. The van der Waals surface area contributed by atoms with Crippen LogP contribution in [0, 0.1) is 0 Å². The first-order chi connectivity index (χ1) is 9.84. The van der Waals surface area contributed by atoms with Gasteiger partial charge in [-0.1, -0.05) is 18.2 Å². The average Bonchev–Trinajstić information content (AvgIpc) is 2.46. The van der Waals surface area contributed by atoms with E-state index in [1.165, 1.54) is 26.0 Å². The number of alkyl halides is 2. The van der Waals surface area contributed by atoms with Crippen LogP contribution in [0.5, 0.6) is 0 Å². The van der Waals surface area contributed by atoms with E-state index in [9.17, 15) is 18.1 Å². The fraction of sp³-hybridized carbons (Fsp3) is 0.462. The predicted octanol–water partition coefficient (Wildman–Crippen LogP) is 3.79. The molecule has 0 N–H and O–H groups in total. The van der Waals surface area contributed by atoms with Crippen LogP contribution in [0.1, 0.15) is 29.8 Å². The molecule has 0 saturated carbocycles. The third-order valence-electron chi connectivity index (χ3n) is 2.60. The summed E-state index contributed by atoms with van der Waals surface area (Å²) in [4.78, 5) is 11.6. The number of carbonyl (C=O) groups excluding carboxylic acids is 1. The second-order valence-electron chi connectivity index (χ2n) is 3.91. The van der Waals surface area contributed by atoms with Crippen LogP contribution in [0.15, 0.2) is 24.3 Å². The van der Waals surface area contributed by atoms with E-state index in [-0.39, 0.29) is 18.8 Å². The fourth-order valence-electron chi connectivity index (χ4n) is 1.72. The summed E-state index contributed by atoms with van der Waals surface area (Å²) in [5, 5.41) is 0. The van der Waals surface area contributed by atoms with E-state index in [1.54, 1.807) is 0 Å². The van der Waals surface area contributed by atoms with Gasteiger partial charge in [0.05, 0.1) is 25.9 Å². The van der Waals surface area contributed by atoms with Crippen LogP contribution in [0.3, 0.4) is 0 Å². The van der Waals surface area contributed by atoms with Gasteiger partial charge in [0.25, 0.3) is 0 Å². The largest absolute Gasteiger partial charge is 0.465 e. The standard InChI is InChI=1S/C13H17F2O5P/c1-4-19-21(17,20-5-2)13(14,15)11-9-7-6-8-10(11)12(16)18-3/h6-9H,4-5H2,1-3H3. The normalized spacial score (nSPS) is 12.2. The number of rotatable bonds is 7. The molecule has 0 heterocycles. The van der Waals surface area contributed by atoms with Crippen LogP contribution in [0.25, 0.3) is 0 Å². The maximum absolute atomic E-state index is 14.6. The number of halogens is 2. The zero-order valence-corrected chi connectivity index (χ0v) is 12.9. The SMILES string of the molecule is CCOP(=O)(OCC)C(F)(F)c1ccccc1C(=O)OC. The summed E-state index contributed by atoms with van der Waals surface area (Å²) in [7, 11) is -3.69. The van der Waals surface area contributed by atoms with Crippen molar-refractivity contribution in [2.75, 3.05) is 20.3 Å². The minimum atomic E-state index is -4.76. The number of hydrogen-bond acceptors (Lipinski definition) is 5. The Morgan fingerprint density at radius 1 is 1.19 bits per heavy atom. The quantitative estimate of drug-likeness (QED) is 0.564. The van der Waals surface area contributed by atoms with Crippen LogP contribution in [-0.2, 0) is 24.0 Å². The Hall–Kier alpha value is -1.30. The molecule has 0 aromatic heterocycles. The maximum Gasteiger partial charge on any atom is 0.404 e. The van der Waals surface area contributed by atoms with E-state index < -0.39 is 24.8 Å². The number of methoxy groups -OCH3 is 1. The molecule has 0 fully saturated rings. The highest BCUT2D eigenvalue weighted by Gasteiger charge is 2.56. The monoisotopic (exact) mass is 322 g/mol. The molecule has 0 spiro atoms. The molecule has 0 radical (unpaired) electrons. The van der Waals surface area contributed by atoms with Crippen LogP contribution in [-0.4, -0.2) is 26.3 Å². The zero-order chi connectivity index (χ0) is 16.1. The van der Waals surface area contributed by atoms with Gasteiger partial charge in [0.2, 0.25) is 0 Å². The smallest absolute Gasteiger partial charge is 0.404 e. The van der Waals surface area contributed by atoms with Gasteiger partial charge in [0, 0.05) is 5.56 Å². The van der Waals surface area contributed by atoms with Crippen LogP contribution < -0.4 is 0 Å². The van der Waals surface area contributed by atoms with Gasteiger partial charge in [-0.25, -0.2) is 4.79 Å². The van der Waals surface area contributed by atoms with Crippen molar-refractivity contribution in [3.63, 3.8) is 0 Å². The van der Waals surface area contributed by atoms with E-state index >= 15 is 0 Å². The molecular weight excluding hydrogens is 305 g/mol. The van der Waals surface area contributed by atoms with E-state index in [2.05, 4.69) is 13.8 Å². The van der Waals surface area contributed by atoms with Crippen molar-refractivity contribution in [1.29, 1.82) is 0 Å². The first-order valence-corrected chi connectivity index (χ1v) is 7.83. The van der Waals surface area contributed by atoms with Gasteiger partial charge >= 0.3 is 19.2 Å². The number of esters is 1. The molecule has 118 valence electrons. The van der Waals surface area contributed by atoms with Gasteiger partial charge in [-0.15, -0.1) is 0 Å². The van der Waals surface area contributed by atoms with E-state index in [0.717, 1.165) is 19.2 Å². The molecular formula is C13H17F2O5P. The van der Waals surface area contributed by atoms with Gasteiger partial charge in [-0.2, -0.15) is 8.78 Å². The molecule has 0 amide bonds. The van der Waals surface area contributed by atoms with Crippen LogP contribution in [0.2, 0.25) is 0 Å². The maximum atomic E-state index is 14.6. The zero-order valence-electron chi connectivity index (χ0n) is 12.0. The highest BCUT2D eigenvalue weighted by Crippen LogP contribution is 2.67. The summed E-state index contributed by atoms with van der Waals surface area (Å²) in [6.07, 6.45) is 0. The van der Waals surface area contributed by atoms with E-state index in [4.69, 9.17) is 0 Å². The van der Waals surface area contributed by atoms with Crippen molar-refractivity contribution < 1.29 is 31.9 Å². The number of carbonyl (C=O) groups is 1. The minimum absolute atomic E-state index is 0.215. The Balaban J connectivity index is 3.41. The molecule has 0 aliphatic carbocycles. The molecule has 21 heavy (non-hydrogen) atoms. The van der Waals surface area contributed by atoms with Gasteiger partial charge in [-0.3, -0.25) is 4.57 Å². The Bertz CT molecular complexity index is 537. The molecule has 8 heteroatoms. The predicted molar refractivity (Wildman–Crippen MR) is 72.5 cm³/mol. The Morgan fingerprint density at radius 2 is 1.71 bits per heavy atom. The molecule has 0 saturated heterocycles. The second kappa shape index (κ2) is 7.11. The van der Waals surface area contributed by atoms with Gasteiger partial charge in [-0.05, 0) is 19.9 Å². The fourth-order valence-corrected chi connectivity index (χ4v) is 3.29. The summed E-state index contributed by atoms with van der Waals surface area (Å²) in [6.45, 7) is 2.42. The van der Waals surface area contributed by atoms with Crippen molar-refractivity contribution in [3.05, 3.63) is 35.4 Å². The number of ether oxygens (including phenoxy) is 1. The van der Waals surface area contributed by atoms with Crippen LogP contribution >= 0.6 is 7.60 Å². The molecule has 1 aromatic rings. The van der Waals surface area contributed by atoms with Gasteiger partial charge < -0.3 is 13.8 Å². The third kappa shape index (κ3) is 3.48. The summed E-state index contributed by atoms with van der Waals surface area (Å²) < 4.78 is 55.4. The molecule has 0 aliphatic heterocycles. The van der Waals surface area contributed by atoms with Gasteiger partial charge in [0.1, 0.15) is 0 Å². The molecule has 1 rings (SSSR count). The summed E-state index contributed by atoms with van der Waals surface area (Å²) in [5.74, 6) is -0.954. The highest BCUT2D eigenvalue weighted by molar-refractivity contribution is 7.54. The Morgan fingerprint density at radius 3 is 2.19 bits per heavy atom. The molecule has 0 atom stereocenters. The molecule has 0 bridgehead atoms. The number of hydrogen-bond donors (Lipinski definition) is 0. The van der Waals surface area contributed by atoms with Crippen molar-refractivity contribution in [3.8, 4) is 0 Å². The lowest BCUT2D eigenvalue weighted by molar-refractivity contribution is 0.0331. The molecule has 5 nitrogen and oxygen atoms in total. The number of benzene rings is 1. The van der Waals surface area contributed by atoms with Gasteiger partial charge in [0.15, 0.2) is 0 Å².